The number of hydrogen-bond acceptors (Lipinski definition) is 4. The zero-order chi connectivity index (χ0) is 13.9. The lowest BCUT2D eigenvalue weighted by molar-refractivity contribution is 0.265. The van der Waals surface area contributed by atoms with Crippen molar-refractivity contribution in [2.75, 3.05) is 52.4 Å². The summed E-state index contributed by atoms with van der Waals surface area (Å²) in [6, 6.07) is 10.8. The summed E-state index contributed by atoms with van der Waals surface area (Å²) in [7, 11) is 0. The Bertz CT molecular complexity index is 328. The molecule has 2 rings (SSSR count). The average Bonchev–Trinajstić information content (AvgIpc) is 2.50. The third kappa shape index (κ3) is 6.48. The first-order chi connectivity index (χ1) is 9.95. The summed E-state index contributed by atoms with van der Waals surface area (Å²) in [6.07, 6.45) is 1.21. The van der Waals surface area contributed by atoms with Crippen molar-refractivity contribution in [3.8, 4) is 0 Å². The molecular formula is C16H28N4. The predicted molar refractivity (Wildman–Crippen MR) is 84.9 cm³/mol. The topological polar surface area (TPSA) is 39.3 Å². The predicted octanol–water partition coefficient (Wildman–Crippen LogP) is 0.661. The van der Waals surface area contributed by atoms with Crippen LogP contribution in [0.4, 0.5) is 0 Å². The quantitative estimate of drug-likeness (QED) is 0.742. The lowest BCUT2D eigenvalue weighted by atomic mass is 10.2. The number of rotatable bonds is 2. The molecule has 1 aromatic carbocycles. The fraction of sp³-hybridized carbons (Fsp3) is 0.625. The highest BCUT2D eigenvalue weighted by atomic mass is 15.2. The molecule has 112 valence electrons. The first-order valence-electron chi connectivity index (χ1n) is 7.83. The molecule has 0 saturated carbocycles. The maximum atomic E-state index is 3.54. The van der Waals surface area contributed by atoms with Crippen molar-refractivity contribution < 1.29 is 0 Å². The molecule has 0 atom stereocenters. The largest absolute Gasteiger partial charge is 0.315 e. The molecule has 1 saturated heterocycles. The minimum atomic E-state index is 1.04. The summed E-state index contributed by atoms with van der Waals surface area (Å²) in [4.78, 5) is 2.53. The normalized spacial score (nSPS) is 20.6. The summed E-state index contributed by atoms with van der Waals surface area (Å²) in [5.41, 5.74) is 1.40. The van der Waals surface area contributed by atoms with E-state index in [2.05, 4.69) is 51.2 Å². The summed E-state index contributed by atoms with van der Waals surface area (Å²) >= 11 is 0. The second kappa shape index (κ2) is 9.88. The fourth-order valence-corrected chi connectivity index (χ4v) is 2.48. The Labute approximate surface area is 122 Å². The molecule has 3 N–H and O–H groups in total. The first-order valence-corrected chi connectivity index (χ1v) is 7.83. The van der Waals surface area contributed by atoms with E-state index in [1.54, 1.807) is 0 Å². The molecule has 20 heavy (non-hydrogen) atoms. The molecule has 0 spiro atoms. The van der Waals surface area contributed by atoms with Gasteiger partial charge in [0.05, 0.1) is 0 Å². The number of nitrogens with one attached hydrogen (secondary N) is 3. The lowest BCUT2D eigenvalue weighted by Gasteiger charge is -2.22. The molecule has 1 aliphatic rings. The summed E-state index contributed by atoms with van der Waals surface area (Å²) in [6.45, 7) is 9.76. The monoisotopic (exact) mass is 276 g/mol. The molecule has 4 nitrogen and oxygen atoms in total. The van der Waals surface area contributed by atoms with Gasteiger partial charge in [-0.25, -0.2) is 0 Å². The Balaban J connectivity index is 1.80. The minimum absolute atomic E-state index is 1.04. The standard InChI is InChI=1S/C16H28N4/c1-2-5-16(6-3-1)15-20-13-11-18-8-4-7-17-9-10-19-12-14-20/h1-3,5-6,17-19H,4,7-15H2. The fourth-order valence-electron chi connectivity index (χ4n) is 2.48. The van der Waals surface area contributed by atoms with E-state index in [1.165, 1.54) is 12.0 Å². The van der Waals surface area contributed by atoms with Crippen LogP contribution >= 0.6 is 0 Å². The van der Waals surface area contributed by atoms with Gasteiger partial charge in [-0.15, -0.1) is 0 Å². The van der Waals surface area contributed by atoms with E-state index in [1.807, 2.05) is 0 Å². The van der Waals surface area contributed by atoms with Crippen molar-refractivity contribution in [1.82, 2.24) is 20.9 Å². The van der Waals surface area contributed by atoms with Gasteiger partial charge in [0.1, 0.15) is 0 Å². The van der Waals surface area contributed by atoms with E-state index < -0.39 is 0 Å². The molecular weight excluding hydrogens is 248 g/mol. The van der Waals surface area contributed by atoms with Crippen molar-refractivity contribution >= 4 is 0 Å². The van der Waals surface area contributed by atoms with Crippen LogP contribution in [0.1, 0.15) is 12.0 Å². The van der Waals surface area contributed by atoms with Crippen LogP contribution in [0.5, 0.6) is 0 Å². The molecule has 0 bridgehead atoms. The van der Waals surface area contributed by atoms with Gasteiger partial charge in [0.2, 0.25) is 0 Å². The van der Waals surface area contributed by atoms with Crippen LogP contribution in [0, 0.1) is 0 Å². The van der Waals surface area contributed by atoms with Gasteiger partial charge >= 0.3 is 0 Å². The van der Waals surface area contributed by atoms with Gasteiger partial charge in [0.25, 0.3) is 0 Å². The molecule has 1 heterocycles. The summed E-state index contributed by atoms with van der Waals surface area (Å²) in [5.74, 6) is 0. The van der Waals surface area contributed by atoms with Crippen molar-refractivity contribution in [2.45, 2.75) is 13.0 Å². The molecule has 0 unspecified atom stereocenters. The molecule has 4 heteroatoms. The van der Waals surface area contributed by atoms with Gasteiger partial charge in [-0.05, 0) is 25.1 Å². The van der Waals surface area contributed by atoms with Gasteiger partial charge in [0, 0.05) is 45.8 Å². The van der Waals surface area contributed by atoms with Gasteiger partial charge in [-0.2, -0.15) is 0 Å². The minimum Gasteiger partial charge on any atom is -0.315 e. The van der Waals surface area contributed by atoms with E-state index in [0.717, 1.165) is 58.9 Å². The van der Waals surface area contributed by atoms with Crippen LogP contribution in [0.3, 0.4) is 0 Å². The zero-order valence-electron chi connectivity index (χ0n) is 12.4. The number of nitrogens with zero attached hydrogens (tertiary/aromatic N) is 1. The molecule has 0 aliphatic carbocycles. The van der Waals surface area contributed by atoms with E-state index in [9.17, 15) is 0 Å². The Morgan fingerprint density at radius 1 is 0.750 bits per heavy atom. The number of benzene rings is 1. The van der Waals surface area contributed by atoms with Gasteiger partial charge in [-0.1, -0.05) is 30.3 Å². The Morgan fingerprint density at radius 2 is 1.35 bits per heavy atom. The average molecular weight is 276 g/mol. The van der Waals surface area contributed by atoms with E-state index >= 15 is 0 Å². The molecule has 1 aromatic rings. The van der Waals surface area contributed by atoms with E-state index in [-0.39, 0.29) is 0 Å². The van der Waals surface area contributed by atoms with E-state index in [0.29, 0.717) is 0 Å². The van der Waals surface area contributed by atoms with Crippen LogP contribution < -0.4 is 16.0 Å². The SMILES string of the molecule is c1ccc(CN2CCNCCCNCCNCC2)cc1. The maximum Gasteiger partial charge on any atom is 0.0234 e. The summed E-state index contributed by atoms with van der Waals surface area (Å²) in [5, 5.41) is 10.5. The Hall–Kier alpha value is -0.940. The number of hydrogen-bond donors (Lipinski definition) is 3. The lowest BCUT2D eigenvalue weighted by Crippen LogP contribution is -2.37. The van der Waals surface area contributed by atoms with Crippen molar-refractivity contribution in [2.24, 2.45) is 0 Å². The van der Waals surface area contributed by atoms with Crippen LogP contribution in [-0.2, 0) is 6.54 Å². The molecule has 0 radical (unpaired) electrons. The second-order valence-corrected chi connectivity index (χ2v) is 5.37. The Morgan fingerprint density at radius 3 is 2.05 bits per heavy atom. The van der Waals surface area contributed by atoms with Crippen molar-refractivity contribution in [1.29, 1.82) is 0 Å². The third-order valence-corrected chi connectivity index (χ3v) is 3.64. The highest BCUT2D eigenvalue weighted by Gasteiger charge is 2.05. The maximum absolute atomic E-state index is 3.54. The summed E-state index contributed by atoms with van der Waals surface area (Å²) < 4.78 is 0. The van der Waals surface area contributed by atoms with Crippen LogP contribution in [0.15, 0.2) is 30.3 Å². The highest BCUT2D eigenvalue weighted by molar-refractivity contribution is 5.14. The Kier molecular flexibility index (Phi) is 7.64. The highest BCUT2D eigenvalue weighted by Crippen LogP contribution is 2.03. The van der Waals surface area contributed by atoms with Crippen LogP contribution in [0.25, 0.3) is 0 Å². The molecule has 0 amide bonds. The first kappa shape index (κ1) is 15.4. The van der Waals surface area contributed by atoms with Gasteiger partial charge < -0.3 is 16.0 Å². The molecule has 0 aromatic heterocycles. The van der Waals surface area contributed by atoms with Crippen molar-refractivity contribution in [3.63, 3.8) is 0 Å². The van der Waals surface area contributed by atoms with Crippen LogP contribution in [-0.4, -0.2) is 57.3 Å². The molecule has 1 aliphatic heterocycles. The molecule has 1 fully saturated rings. The van der Waals surface area contributed by atoms with Gasteiger partial charge in [-0.3, -0.25) is 4.90 Å². The third-order valence-electron chi connectivity index (χ3n) is 3.64. The zero-order valence-corrected chi connectivity index (χ0v) is 12.4. The van der Waals surface area contributed by atoms with Gasteiger partial charge in [0.15, 0.2) is 0 Å². The van der Waals surface area contributed by atoms with Crippen molar-refractivity contribution in [3.05, 3.63) is 35.9 Å². The smallest absolute Gasteiger partial charge is 0.0234 e. The van der Waals surface area contributed by atoms with Crippen LogP contribution in [0.2, 0.25) is 0 Å². The van der Waals surface area contributed by atoms with E-state index in [4.69, 9.17) is 0 Å². The second-order valence-electron chi connectivity index (χ2n) is 5.37.